The summed E-state index contributed by atoms with van der Waals surface area (Å²) in [4.78, 5) is 17.7. The Balaban J connectivity index is 1.75. The maximum Gasteiger partial charge on any atom is 0.419 e. The van der Waals surface area contributed by atoms with E-state index in [0.717, 1.165) is 6.07 Å². The highest BCUT2D eigenvalue weighted by atomic mass is 19.4. The number of nitrogens with zero attached hydrogens (tertiary/aromatic N) is 3. The Morgan fingerprint density at radius 3 is 2.96 bits per heavy atom. The van der Waals surface area contributed by atoms with E-state index in [4.69, 9.17) is 0 Å². The van der Waals surface area contributed by atoms with Crippen LogP contribution in [-0.4, -0.2) is 34.2 Å². The number of aromatic amines is 1. The van der Waals surface area contributed by atoms with Gasteiger partial charge < -0.3 is 10.2 Å². The van der Waals surface area contributed by atoms with E-state index in [0.29, 0.717) is 25.1 Å². The second kappa shape index (κ2) is 6.50. The lowest BCUT2D eigenvalue weighted by atomic mass is 9.96. The number of amides is 1. The summed E-state index contributed by atoms with van der Waals surface area (Å²) in [5.74, 6) is -0.756. The molecule has 0 bridgehead atoms. The molecule has 128 valence electrons. The normalized spacial score (nSPS) is 18.5. The van der Waals surface area contributed by atoms with Crippen molar-refractivity contribution in [2.24, 2.45) is 5.92 Å². The van der Waals surface area contributed by atoms with Gasteiger partial charge in [-0.2, -0.15) is 18.3 Å². The summed E-state index contributed by atoms with van der Waals surface area (Å²) in [7, 11) is 0. The van der Waals surface area contributed by atoms with E-state index in [-0.39, 0.29) is 18.3 Å². The molecule has 9 heteroatoms. The minimum Gasteiger partial charge on any atom is -0.355 e. The summed E-state index contributed by atoms with van der Waals surface area (Å²) in [5, 5.41) is 9.03. The number of nitrogens with one attached hydrogen (secondary N) is 2. The van der Waals surface area contributed by atoms with Crippen LogP contribution in [0.3, 0.4) is 0 Å². The van der Waals surface area contributed by atoms with Crippen LogP contribution in [0.5, 0.6) is 0 Å². The van der Waals surface area contributed by atoms with Crippen molar-refractivity contribution in [1.82, 2.24) is 15.2 Å². The van der Waals surface area contributed by atoms with Crippen molar-refractivity contribution in [2.75, 3.05) is 23.3 Å². The van der Waals surface area contributed by atoms with Crippen LogP contribution in [0.2, 0.25) is 0 Å². The number of carbonyl (C=O) groups is 1. The van der Waals surface area contributed by atoms with Gasteiger partial charge in [-0.1, -0.05) is 0 Å². The Morgan fingerprint density at radius 1 is 1.42 bits per heavy atom. The third kappa shape index (κ3) is 3.50. The van der Waals surface area contributed by atoms with Gasteiger partial charge in [0.1, 0.15) is 5.82 Å². The van der Waals surface area contributed by atoms with E-state index >= 15 is 0 Å². The average molecular weight is 339 g/mol. The number of carbonyl (C=O) groups excluding carboxylic acids is 1. The molecule has 0 aliphatic carbocycles. The molecule has 0 saturated carbocycles. The zero-order valence-corrected chi connectivity index (χ0v) is 12.7. The summed E-state index contributed by atoms with van der Waals surface area (Å²) >= 11 is 0. The molecule has 6 nitrogen and oxygen atoms in total. The van der Waals surface area contributed by atoms with Crippen molar-refractivity contribution in [3.05, 3.63) is 36.3 Å². The van der Waals surface area contributed by atoms with Crippen LogP contribution in [-0.2, 0) is 11.0 Å². The number of hydrogen-bond acceptors (Lipinski definition) is 4. The molecule has 1 atom stereocenters. The summed E-state index contributed by atoms with van der Waals surface area (Å²) in [6, 6.07) is 2.27. The van der Waals surface area contributed by atoms with E-state index in [1.54, 1.807) is 6.20 Å². The van der Waals surface area contributed by atoms with Crippen LogP contribution in [0.4, 0.5) is 24.7 Å². The summed E-state index contributed by atoms with van der Waals surface area (Å²) in [6.07, 6.45) is 1.11. The predicted molar refractivity (Wildman–Crippen MR) is 81.4 cm³/mol. The van der Waals surface area contributed by atoms with Crippen LogP contribution in [0, 0.1) is 5.92 Å². The quantitative estimate of drug-likeness (QED) is 0.902. The molecule has 0 radical (unpaired) electrons. The molecule has 0 unspecified atom stereocenters. The second-order valence-corrected chi connectivity index (χ2v) is 5.63. The van der Waals surface area contributed by atoms with Gasteiger partial charge in [0, 0.05) is 25.5 Å². The Hall–Kier alpha value is -2.58. The summed E-state index contributed by atoms with van der Waals surface area (Å²) in [6.45, 7) is 0.638. The van der Waals surface area contributed by atoms with Gasteiger partial charge in [-0.05, 0) is 25.0 Å². The molecular weight excluding hydrogens is 323 g/mol. The molecule has 0 aromatic carbocycles. The molecule has 1 fully saturated rings. The maximum atomic E-state index is 13.2. The van der Waals surface area contributed by atoms with Crippen molar-refractivity contribution in [2.45, 2.75) is 19.0 Å². The number of pyridine rings is 1. The Kier molecular flexibility index (Phi) is 4.41. The topological polar surface area (TPSA) is 73.9 Å². The Bertz CT molecular complexity index is 701. The van der Waals surface area contributed by atoms with Gasteiger partial charge in [-0.25, -0.2) is 4.98 Å². The standard InChI is InChI=1S/C15H16F3N5O/c16-15(17,18)12-4-1-5-19-13(12)23-6-2-3-10(9-23)14(24)22-11-7-20-21-8-11/h1,4-5,7-8,10H,2-3,6,9H2,(H,20,21)(H,22,24)/t10-/m0/s1. The highest BCUT2D eigenvalue weighted by Crippen LogP contribution is 2.36. The molecule has 1 aliphatic rings. The molecule has 0 spiro atoms. The number of rotatable bonds is 3. The first-order chi connectivity index (χ1) is 11.4. The molecule has 1 amide bonds. The van der Waals surface area contributed by atoms with Gasteiger partial charge in [0.2, 0.25) is 5.91 Å². The third-order valence-corrected chi connectivity index (χ3v) is 3.95. The van der Waals surface area contributed by atoms with Crippen LogP contribution >= 0.6 is 0 Å². The fourth-order valence-electron chi connectivity index (χ4n) is 2.82. The lowest BCUT2D eigenvalue weighted by Gasteiger charge is -2.34. The molecule has 1 aliphatic heterocycles. The van der Waals surface area contributed by atoms with Crippen molar-refractivity contribution in [3.63, 3.8) is 0 Å². The SMILES string of the molecule is O=C(Nc1cn[nH]c1)[C@H]1CCCN(c2ncccc2C(F)(F)F)C1. The van der Waals surface area contributed by atoms with Gasteiger partial charge in [0.15, 0.2) is 0 Å². The largest absolute Gasteiger partial charge is 0.419 e. The first-order valence-electron chi connectivity index (χ1n) is 7.52. The maximum absolute atomic E-state index is 13.2. The monoisotopic (exact) mass is 339 g/mol. The minimum absolute atomic E-state index is 0.120. The second-order valence-electron chi connectivity index (χ2n) is 5.63. The van der Waals surface area contributed by atoms with Gasteiger partial charge in [-0.15, -0.1) is 0 Å². The van der Waals surface area contributed by atoms with Gasteiger partial charge in [0.05, 0.1) is 23.4 Å². The number of anilines is 2. The summed E-state index contributed by atoms with van der Waals surface area (Å²) < 4.78 is 39.5. The van der Waals surface area contributed by atoms with Crippen LogP contribution in [0.25, 0.3) is 0 Å². The molecular formula is C15H16F3N5O. The molecule has 3 rings (SSSR count). The minimum atomic E-state index is -4.48. The van der Waals surface area contributed by atoms with Crippen LogP contribution in [0.1, 0.15) is 18.4 Å². The number of hydrogen-bond donors (Lipinski definition) is 2. The third-order valence-electron chi connectivity index (χ3n) is 3.95. The highest BCUT2D eigenvalue weighted by molar-refractivity contribution is 5.92. The first kappa shape index (κ1) is 16.3. The van der Waals surface area contributed by atoms with Gasteiger partial charge in [0.25, 0.3) is 0 Å². The first-order valence-corrected chi connectivity index (χ1v) is 7.52. The average Bonchev–Trinajstić information content (AvgIpc) is 3.07. The lowest BCUT2D eigenvalue weighted by molar-refractivity contribution is -0.137. The van der Waals surface area contributed by atoms with E-state index in [9.17, 15) is 18.0 Å². The molecule has 2 aromatic heterocycles. The number of piperidine rings is 1. The molecule has 24 heavy (non-hydrogen) atoms. The van der Waals surface area contributed by atoms with E-state index in [1.807, 2.05) is 0 Å². The van der Waals surface area contributed by atoms with Crippen molar-refractivity contribution in [3.8, 4) is 0 Å². The van der Waals surface area contributed by atoms with Gasteiger partial charge in [-0.3, -0.25) is 9.89 Å². The van der Waals surface area contributed by atoms with Crippen LogP contribution in [0.15, 0.2) is 30.7 Å². The van der Waals surface area contributed by atoms with E-state index in [1.165, 1.54) is 23.4 Å². The number of halogens is 3. The number of alkyl halides is 3. The highest BCUT2D eigenvalue weighted by Gasteiger charge is 2.37. The van der Waals surface area contributed by atoms with Gasteiger partial charge >= 0.3 is 6.18 Å². The van der Waals surface area contributed by atoms with Crippen LogP contribution < -0.4 is 10.2 Å². The van der Waals surface area contributed by atoms with Crippen molar-refractivity contribution < 1.29 is 18.0 Å². The lowest BCUT2D eigenvalue weighted by Crippen LogP contribution is -2.41. The van der Waals surface area contributed by atoms with E-state index < -0.39 is 17.7 Å². The fraction of sp³-hybridized carbons (Fsp3) is 0.400. The molecule has 2 aromatic rings. The Labute approximate surface area is 136 Å². The number of aromatic nitrogens is 3. The summed E-state index contributed by atoms with van der Waals surface area (Å²) in [5.41, 5.74) is -0.244. The van der Waals surface area contributed by atoms with Crippen molar-refractivity contribution >= 4 is 17.4 Å². The molecule has 1 saturated heterocycles. The molecule has 3 heterocycles. The fourth-order valence-corrected chi connectivity index (χ4v) is 2.82. The zero-order chi connectivity index (χ0) is 17.2. The number of H-pyrrole nitrogens is 1. The zero-order valence-electron chi connectivity index (χ0n) is 12.7. The predicted octanol–water partition coefficient (Wildman–Crippen LogP) is 2.68. The smallest absolute Gasteiger partial charge is 0.355 e. The van der Waals surface area contributed by atoms with Crippen molar-refractivity contribution in [1.29, 1.82) is 0 Å². The van der Waals surface area contributed by atoms with E-state index in [2.05, 4.69) is 20.5 Å². The molecule has 2 N–H and O–H groups in total. The Morgan fingerprint density at radius 2 is 2.25 bits per heavy atom.